The summed E-state index contributed by atoms with van der Waals surface area (Å²) in [6.07, 6.45) is 7.60. The zero-order valence-electron chi connectivity index (χ0n) is 19.7. The van der Waals surface area contributed by atoms with Crippen molar-refractivity contribution in [2.24, 2.45) is 0 Å². The highest BCUT2D eigenvalue weighted by Crippen LogP contribution is 2.31. The van der Waals surface area contributed by atoms with Gasteiger partial charge in [0.2, 0.25) is 16.0 Å². The van der Waals surface area contributed by atoms with E-state index in [1.807, 2.05) is 18.2 Å². The standard InChI is InChI=1S/C22H30N6O5S2/c1-34(29,30)14-4-13-33-19-6-3-5-17-20(26-27-21(17)19)18-11-12-23-22(25-18)24-15-7-9-16(10-8-15)28-35(2,31)32/h3,5-6,11-12,15-16,28H,4,7-10,13-14H2,1-2H3,(H,26,27)(H,23,24,25). The van der Waals surface area contributed by atoms with Crippen LogP contribution < -0.4 is 14.8 Å². The molecule has 11 nitrogen and oxygen atoms in total. The van der Waals surface area contributed by atoms with Gasteiger partial charge in [0.05, 0.1) is 24.3 Å². The smallest absolute Gasteiger partial charge is 0.223 e. The summed E-state index contributed by atoms with van der Waals surface area (Å²) in [6.45, 7) is 0.282. The van der Waals surface area contributed by atoms with E-state index in [0.29, 0.717) is 35.0 Å². The Kier molecular flexibility index (Phi) is 7.57. The minimum atomic E-state index is -3.20. The molecular formula is C22H30N6O5S2. The molecule has 1 fully saturated rings. The van der Waals surface area contributed by atoms with Crippen molar-refractivity contribution in [1.82, 2.24) is 24.9 Å². The van der Waals surface area contributed by atoms with Gasteiger partial charge in [-0.2, -0.15) is 5.10 Å². The van der Waals surface area contributed by atoms with Crippen LogP contribution in [0.4, 0.5) is 5.95 Å². The fraction of sp³-hybridized carbons (Fsp3) is 0.500. The molecule has 35 heavy (non-hydrogen) atoms. The summed E-state index contributed by atoms with van der Waals surface area (Å²) >= 11 is 0. The van der Waals surface area contributed by atoms with Crippen LogP contribution in [0.2, 0.25) is 0 Å². The molecule has 3 aromatic rings. The summed E-state index contributed by atoms with van der Waals surface area (Å²) in [7, 11) is -6.23. The van der Waals surface area contributed by atoms with Gasteiger partial charge in [-0.05, 0) is 44.2 Å². The van der Waals surface area contributed by atoms with Gasteiger partial charge in [0.25, 0.3) is 0 Å². The minimum Gasteiger partial charge on any atom is -0.491 e. The molecule has 2 aromatic heterocycles. The van der Waals surface area contributed by atoms with Gasteiger partial charge in [-0.15, -0.1) is 0 Å². The number of nitrogens with one attached hydrogen (secondary N) is 3. The average Bonchev–Trinajstić information content (AvgIpc) is 3.22. The first-order valence-corrected chi connectivity index (χ1v) is 15.4. The average molecular weight is 523 g/mol. The molecule has 0 aliphatic heterocycles. The number of benzene rings is 1. The maximum absolute atomic E-state index is 11.5. The number of fused-ring (bicyclic) bond motifs is 1. The molecule has 1 aliphatic rings. The fourth-order valence-corrected chi connectivity index (χ4v) is 5.72. The van der Waals surface area contributed by atoms with Crippen LogP contribution in [0, 0.1) is 0 Å². The van der Waals surface area contributed by atoms with E-state index >= 15 is 0 Å². The van der Waals surface area contributed by atoms with E-state index in [9.17, 15) is 16.8 Å². The molecule has 1 saturated carbocycles. The van der Waals surface area contributed by atoms with Gasteiger partial charge < -0.3 is 10.1 Å². The van der Waals surface area contributed by atoms with Crippen LogP contribution in [0.1, 0.15) is 32.1 Å². The molecule has 13 heteroatoms. The number of rotatable bonds is 10. The van der Waals surface area contributed by atoms with Gasteiger partial charge in [0, 0.05) is 29.9 Å². The summed E-state index contributed by atoms with van der Waals surface area (Å²) in [5, 5.41) is 11.6. The van der Waals surface area contributed by atoms with E-state index in [1.165, 1.54) is 12.5 Å². The molecule has 3 N–H and O–H groups in total. The third kappa shape index (κ3) is 7.12. The van der Waals surface area contributed by atoms with Crippen molar-refractivity contribution in [1.29, 1.82) is 0 Å². The van der Waals surface area contributed by atoms with Crippen LogP contribution in [-0.2, 0) is 19.9 Å². The van der Waals surface area contributed by atoms with E-state index in [-0.39, 0.29) is 24.4 Å². The largest absolute Gasteiger partial charge is 0.491 e. The monoisotopic (exact) mass is 522 g/mol. The first kappa shape index (κ1) is 25.3. The number of aromatic amines is 1. The number of nitrogens with zero attached hydrogens (tertiary/aromatic N) is 3. The van der Waals surface area contributed by atoms with Crippen LogP contribution in [-0.4, -0.2) is 74.0 Å². The Balaban J connectivity index is 1.43. The first-order chi connectivity index (χ1) is 16.6. The first-order valence-electron chi connectivity index (χ1n) is 11.4. The number of anilines is 1. The quantitative estimate of drug-likeness (QED) is 0.339. The number of para-hydroxylation sites is 1. The molecule has 1 aromatic carbocycles. The van der Waals surface area contributed by atoms with Crippen LogP contribution in [0.25, 0.3) is 22.3 Å². The van der Waals surface area contributed by atoms with Gasteiger partial charge in [-0.1, -0.05) is 12.1 Å². The third-order valence-corrected chi connectivity index (χ3v) is 7.61. The van der Waals surface area contributed by atoms with Crippen molar-refractivity contribution in [2.75, 3.05) is 30.2 Å². The van der Waals surface area contributed by atoms with E-state index < -0.39 is 19.9 Å². The van der Waals surface area contributed by atoms with Crippen LogP contribution in [0.3, 0.4) is 0 Å². The van der Waals surface area contributed by atoms with Crippen molar-refractivity contribution in [3.63, 3.8) is 0 Å². The molecule has 4 rings (SSSR count). The zero-order valence-corrected chi connectivity index (χ0v) is 21.3. The number of aromatic nitrogens is 4. The van der Waals surface area contributed by atoms with Crippen LogP contribution >= 0.6 is 0 Å². The van der Waals surface area contributed by atoms with E-state index in [4.69, 9.17) is 4.74 Å². The zero-order chi connectivity index (χ0) is 25.1. The summed E-state index contributed by atoms with van der Waals surface area (Å²) in [5.74, 6) is 1.16. The number of sulfone groups is 1. The highest BCUT2D eigenvalue weighted by molar-refractivity contribution is 7.90. The van der Waals surface area contributed by atoms with E-state index in [1.54, 1.807) is 12.3 Å². The van der Waals surface area contributed by atoms with Crippen molar-refractivity contribution in [3.8, 4) is 17.1 Å². The van der Waals surface area contributed by atoms with Gasteiger partial charge in [-0.25, -0.2) is 31.5 Å². The SMILES string of the molecule is CS(=O)(=O)CCCOc1cccc2c(-c3ccnc(NC4CCC(NS(C)(=O)=O)CC4)n3)n[nH]c12. The van der Waals surface area contributed by atoms with Crippen LogP contribution in [0.5, 0.6) is 5.75 Å². The fourth-order valence-electron chi connectivity index (χ4n) is 4.24. The van der Waals surface area contributed by atoms with Gasteiger partial charge in [-0.3, -0.25) is 5.10 Å². The Morgan fingerprint density at radius 2 is 1.80 bits per heavy atom. The lowest BCUT2D eigenvalue weighted by molar-refractivity contribution is 0.321. The normalized spacial score (nSPS) is 19.0. The molecular weight excluding hydrogens is 492 g/mol. The minimum absolute atomic E-state index is 0.0338. The van der Waals surface area contributed by atoms with Gasteiger partial charge in [0.1, 0.15) is 26.8 Å². The van der Waals surface area contributed by atoms with E-state index in [2.05, 4.69) is 30.2 Å². The predicted molar refractivity (Wildman–Crippen MR) is 135 cm³/mol. The van der Waals surface area contributed by atoms with Crippen LogP contribution in [0.15, 0.2) is 30.5 Å². The van der Waals surface area contributed by atoms with Crippen molar-refractivity contribution >= 4 is 36.7 Å². The highest BCUT2D eigenvalue weighted by Gasteiger charge is 2.24. The van der Waals surface area contributed by atoms with Gasteiger partial charge in [0.15, 0.2) is 0 Å². The molecule has 190 valence electrons. The second-order valence-electron chi connectivity index (χ2n) is 8.93. The number of hydrogen-bond donors (Lipinski definition) is 3. The highest BCUT2D eigenvalue weighted by atomic mass is 32.2. The molecule has 1 aliphatic carbocycles. The lowest BCUT2D eigenvalue weighted by Gasteiger charge is -2.29. The number of ether oxygens (including phenoxy) is 1. The van der Waals surface area contributed by atoms with Crippen molar-refractivity contribution in [3.05, 3.63) is 30.5 Å². The lowest BCUT2D eigenvalue weighted by atomic mass is 9.92. The summed E-state index contributed by atoms with van der Waals surface area (Å²) in [4.78, 5) is 8.99. The Labute approximate surface area is 205 Å². The van der Waals surface area contributed by atoms with Crippen molar-refractivity contribution in [2.45, 2.75) is 44.2 Å². The second kappa shape index (κ2) is 10.5. The molecule has 0 atom stereocenters. The molecule has 0 spiro atoms. The summed E-state index contributed by atoms with van der Waals surface area (Å²) < 4.78 is 54.0. The van der Waals surface area contributed by atoms with E-state index in [0.717, 1.165) is 31.1 Å². The third-order valence-electron chi connectivity index (χ3n) is 5.82. The lowest BCUT2D eigenvalue weighted by Crippen LogP contribution is -2.39. The Morgan fingerprint density at radius 1 is 1.06 bits per heavy atom. The molecule has 2 heterocycles. The summed E-state index contributed by atoms with van der Waals surface area (Å²) in [6, 6.07) is 7.50. The molecule has 0 amide bonds. The molecule has 0 saturated heterocycles. The summed E-state index contributed by atoms with van der Waals surface area (Å²) in [5.41, 5.74) is 2.02. The number of sulfonamides is 1. The van der Waals surface area contributed by atoms with Gasteiger partial charge >= 0.3 is 0 Å². The number of hydrogen-bond acceptors (Lipinski definition) is 9. The maximum atomic E-state index is 11.5. The maximum Gasteiger partial charge on any atom is 0.223 e. The molecule has 0 bridgehead atoms. The molecule has 0 radical (unpaired) electrons. The Hall–Kier alpha value is -2.77. The predicted octanol–water partition coefficient (Wildman–Crippen LogP) is 2.11. The second-order valence-corrected chi connectivity index (χ2v) is 13.0. The van der Waals surface area contributed by atoms with Crippen molar-refractivity contribution < 1.29 is 21.6 Å². The number of H-pyrrole nitrogens is 1. The Bertz CT molecular complexity index is 1380. The molecule has 0 unspecified atom stereocenters. The Morgan fingerprint density at radius 3 is 2.51 bits per heavy atom. The topological polar surface area (TPSA) is 156 Å².